The molecule has 0 rings (SSSR count). The normalized spacial score (nSPS) is 13.1. The van der Waals surface area contributed by atoms with Crippen LogP contribution in [-0.4, -0.2) is 8.07 Å². The quantitative estimate of drug-likeness (QED) is 0.457. The highest BCUT2D eigenvalue weighted by Crippen LogP contribution is 1.98. The molecule has 0 aliphatic heterocycles. The molecule has 0 aromatic heterocycles. The third-order valence-electron chi connectivity index (χ3n) is 0.618. The lowest BCUT2D eigenvalue weighted by atomic mass is 10.8. The second kappa shape index (κ2) is 2.31. The number of hydrogen-bond acceptors (Lipinski definition) is 0. The Bertz CT molecular complexity index is 66.7. The fourth-order valence-electron chi connectivity index (χ4n) is 0.451. The Morgan fingerprint density at radius 2 is 1.86 bits per heavy atom. The first-order valence-corrected chi connectivity index (χ1v) is 5.84. The molecule has 0 bridgehead atoms. The molecule has 0 aliphatic carbocycles. The molecule has 0 aromatic rings. The number of allylic oxidation sites excluding steroid dienone is 1. The van der Waals surface area contributed by atoms with Crippen LogP contribution in [0, 0.1) is 6.55 Å². The van der Waals surface area contributed by atoms with Crippen LogP contribution in [-0.2, 0) is 0 Å². The lowest BCUT2D eigenvalue weighted by molar-refractivity contribution is 1.73. The van der Waals surface area contributed by atoms with Crippen molar-refractivity contribution in [2.24, 2.45) is 0 Å². The van der Waals surface area contributed by atoms with Gasteiger partial charge >= 0.3 is 0 Å². The van der Waals surface area contributed by atoms with Crippen LogP contribution >= 0.6 is 0 Å². The summed E-state index contributed by atoms with van der Waals surface area (Å²) in [5.41, 5.74) is 2.22. The van der Waals surface area contributed by atoms with Crippen LogP contribution in [0.25, 0.3) is 0 Å². The molecule has 7 heavy (non-hydrogen) atoms. The van der Waals surface area contributed by atoms with E-state index in [9.17, 15) is 0 Å². The average molecular weight is 113 g/mol. The predicted octanol–water partition coefficient (Wildman–Crippen LogP) is 2.18. The molecule has 0 amide bonds. The Kier molecular flexibility index (Phi) is 2.30. The maximum Gasteiger partial charge on any atom is 0.0710 e. The summed E-state index contributed by atoms with van der Waals surface area (Å²) in [6.07, 6.45) is 2.08. The molecule has 0 aromatic carbocycles. The van der Waals surface area contributed by atoms with E-state index in [1.165, 1.54) is 0 Å². The van der Waals surface area contributed by atoms with Crippen LogP contribution in [0.15, 0.2) is 11.8 Å². The largest absolute Gasteiger partial charge is 0.0989 e. The van der Waals surface area contributed by atoms with Gasteiger partial charge in [-0.1, -0.05) is 31.4 Å². The molecular formula is C6H13Si. The molecule has 0 aliphatic rings. The zero-order valence-corrected chi connectivity index (χ0v) is 6.36. The Labute approximate surface area is 47.3 Å². The molecule has 0 saturated heterocycles. The van der Waals surface area contributed by atoms with Gasteiger partial charge in [0.25, 0.3) is 0 Å². The SMILES string of the molecule is [CH2][Si](C)(C)C=CC. The van der Waals surface area contributed by atoms with Crippen molar-refractivity contribution in [1.29, 1.82) is 0 Å². The summed E-state index contributed by atoms with van der Waals surface area (Å²) in [5.74, 6) is 0. The summed E-state index contributed by atoms with van der Waals surface area (Å²) >= 11 is 0. The van der Waals surface area contributed by atoms with E-state index < -0.39 is 8.07 Å². The average Bonchev–Trinajstić information content (AvgIpc) is 1.30. The maximum atomic E-state index is 4.01. The molecule has 0 nitrogen and oxygen atoms in total. The highest BCUT2D eigenvalue weighted by atomic mass is 28.3. The Morgan fingerprint density at radius 3 is 1.86 bits per heavy atom. The third kappa shape index (κ3) is 5.96. The molecule has 0 N–H and O–H groups in total. The van der Waals surface area contributed by atoms with E-state index in [0.717, 1.165) is 0 Å². The Hall–Kier alpha value is -0.0431. The number of rotatable bonds is 1. The molecule has 0 fully saturated rings. The first-order chi connectivity index (χ1) is 3.06. The lowest BCUT2D eigenvalue weighted by Gasteiger charge is -2.05. The summed E-state index contributed by atoms with van der Waals surface area (Å²) in [6, 6.07) is 0. The van der Waals surface area contributed by atoms with Crippen molar-refractivity contribution in [3.05, 3.63) is 18.3 Å². The van der Waals surface area contributed by atoms with Crippen LogP contribution in [0.3, 0.4) is 0 Å². The summed E-state index contributed by atoms with van der Waals surface area (Å²) in [5, 5.41) is 0. The van der Waals surface area contributed by atoms with Gasteiger partial charge in [-0.25, -0.2) is 0 Å². The van der Waals surface area contributed by atoms with E-state index in [0.29, 0.717) is 0 Å². The summed E-state index contributed by atoms with van der Waals surface area (Å²) in [6.45, 7) is 10.5. The number of hydrogen-bond donors (Lipinski definition) is 0. The van der Waals surface area contributed by atoms with Crippen LogP contribution in [0.4, 0.5) is 0 Å². The lowest BCUT2D eigenvalue weighted by Crippen LogP contribution is -2.16. The van der Waals surface area contributed by atoms with Crippen molar-refractivity contribution in [2.75, 3.05) is 0 Å². The molecule has 0 heterocycles. The Balaban J connectivity index is 3.56. The molecule has 0 atom stereocenters. The first-order valence-electron chi connectivity index (χ1n) is 2.55. The van der Waals surface area contributed by atoms with Crippen LogP contribution in [0.1, 0.15) is 6.92 Å². The van der Waals surface area contributed by atoms with Crippen molar-refractivity contribution in [2.45, 2.75) is 20.0 Å². The van der Waals surface area contributed by atoms with Crippen LogP contribution < -0.4 is 0 Å². The fraction of sp³-hybridized carbons (Fsp3) is 0.500. The third-order valence-corrected chi connectivity index (χ3v) is 1.85. The summed E-state index contributed by atoms with van der Waals surface area (Å²) < 4.78 is 0. The predicted molar refractivity (Wildman–Crippen MR) is 37.7 cm³/mol. The van der Waals surface area contributed by atoms with Gasteiger partial charge in [-0.15, -0.1) is 0 Å². The van der Waals surface area contributed by atoms with E-state index in [-0.39, 0.29) is 0 Å². The minimum Gasteiger partial charge on any atom is -0.0989 e. The molecule has 0 saturated carbocycles. The van der Waals surface area contributed by atoms with Crippen molar-refractivity contribution in [3.8, 4) is 0 Å². The topological polar surface area (TPSA) is 0 Å². The van der Waals surface area contributed by atoms with Gasteiger partial charge in [0, 0.05) is 0 Å². The minimum atomic E-state index is -1.09. The van der Waals surface area contributed by atoms with Gasteiger partial charge in [-0.3, -0.25) is 0 Å². The van der Waals surface area contributed by atoms with E-state index in [1.54, 1.807) is 0 Å². The van der Waals surface area contributed by atoms with Gasteiger partial charge < -0.3 is 0 Å². The van der Waals surface area contributed by atoms with E-state index in [4.69, 9.17) is 0 Å². The van der Waals surface area contributed by atoms with E-state index in [1.807, 2.05) is 6.92 Å². The fourth-order valence-corrected chi connectivity index (χ4v) is 1.35. The van der Waals surface area contributed by atoms with Crippen molar-refractivity contribution in [3.63, 3.8) is 0 Å². The zero-order valence-electron chi connectivity index (χ0n) is 5.36. The van der Waals surface area contributed by atoms with E-state index in [2.05, 4.69) is 31.4 Å². The molecule has 1 heteroatoms. The van der Waals surface area contributed by atoms with Crippen LogP contribution in [0.5, 0.6) is 0 Å². The molecule has 41 valence electrons. The first kappa shape index (κ1) is 6.96. The van der Waals surface area contributed by atoms with Gasteiger partial charge in [0.05, 0.1) is 8.07 Å². The highest BCUT2D eigenvalue weighted by molar-refractivity contribution is 6.83. The standard InChI is InChI=1S/C6H13Si/c1-5-6-7(2,3)4/h5-6H,2H2,1,3-4H3. The van der Waals surface area contributed by atoms with Crippen LogP contribution in [0.2, 0.25) is 13.1 Å². The smallest absolute Gasteiger partial charge is 0.0710 e. The molecule has 1 radical (unpaired) electrons. The van der Waals surface area contributed by atoms with Crippen molar-refractivity contribution in [1.82, 2.24) is 0 Å². The van der Waals surface area contributed by atoms with Crippen molar-refractivity contribution >= 4 is 8.07 Å². The molecular weight excluding hydrogens is 100 g/mol. The van der Waals surface area contributed by atoms with E-state index >= 15 is 0 Å². The molecule has 0 unspecified atom stereocenters. The van der Waals surface area contributed by atoms with Gasteiger partial charge in [0.1, 0.15) is 0 Å². The summed E-state index contributed by atoms with van der Waals surface area (Å²) in [7, 11) is -1.09. The molecule has 0 spiro atoms. The second-order valence-corrected chi connectivity index (χ2v) is 6.80. The Morgan fingerprint density at radius 1 is 1.43 bits per heavy atom. The maximum absolute atomic E-state index is 4.01. The van der Waals surface area contributed by atoms with Gasteiger partial charge in [-0.2, -0.15) is 0 Å². The van der Waals surface area contributed by atoms with Gasteiger partial charge in [0.15, 0.2) is 0 Å². The summed E-state index contributed by atoms with van der Waals surface area (Å²) in [4.78, 5) is 0. The minimum absolute atomic E-state index is 1.09. The second-order valence-electron chi connectivity index (χ2n) is 2.49. The van der Waals surface area contributed by atoms with Gasteiger partial charge in [-0.05, 0) is 6.92 Å². The highest BCUT2D eigenvalue weighted by Gasteiger charge is 2.04. The van der Waals surface area contributed by atoms with Gasteiger partial charge in [0.2, 0.25) is 0 Å². The zero-order chi connectivity index (χ0) is 5.91. The van der Waals surface area contributed by atoms with Crippen molar-refractivity contribution < 1.29 is 0 Å². The monoisotopic (exact) mass is 113 g/mol.